The van der Waals surface area contributed by atoms with Crippen LogP contribution in [-0.4, -0.2) is 37.7 Å². The van der Waals surface area contributed by atoms with E-state index in [1.807, 2.05) is 49.4 Å². The van der Waals surface area contributed by atoms with Crippen molar-refractivity contribution in [2.24, 2.45) is 0 Å². The highest BCUT2D eigenvalue weighted by Gasteiger charge is 2.31. The molecule has 2 N–H and O–H groups in total. The maximum atomic E-state index is 13.7. The topological polar surface area (TPSA) is 95.6 Å². The van der Waals surface area contributed by atoms with E-state index in [1.165, 1.54) is 0 Å². The molecule has 7 nitrogen and oxygen atoms in total. The Bertz CT molecular complexity index is 1340. The Morgan fingerprint density at radius 2 is 1.58 bits per heavy atom. The van der Waals surface area contributed by atoms with E-state index in [4.69, 9.17) is 11.6 Å². The monoisotopic (exact) mass is 553 g/mol. The number of carbonyl (C=O) groups is 2. The van der Waals surface area contributed by atoms with Crippen LogP contribution in [0.15, 0.2) is 83.8 Å². The van der Waals surface area contributed by atoms with Gasteiger partial charge in [0.25, 0.3) is 0 Å². The lowest BCUT2D eigenvalue weighted by Crippen LogP contribution is -2.43. The van der Waals surface area contributed by atoms with Gasteiger partial charge in [-0.3, -0.25) is 9.59 Å². The van der Waals surface area contributed by atoms with Crippen molar-refractivity contribution in [3.8, 4) is 0 Å². The number of amides is 2. The number of likely N-dealkylation sites (N-methyl/N-ethyl adjacent to an activating group) is 1. The number of carbonyl (C=O) groups excluding carboxylic acids is 2. The number of rotatable bonds is 12. The van der Waals surface area contributed by atoms with Gasteiger partial charge in [0.15, 0.2) is 0 Å². The molecule has 0 saturated heterocycles. The molecule has 4 rings (SSSR count). The smallest absolute Gasteiger partial charge is 0.247 e. The number of halogens is 1. The molecule has 1 aliphatic carbocycles. The Morgan fingerprint density at radius 1 is 0.947 bits per heavy atom. The fourth-order valence-corrected chi connectivity index (χ4v) is 5.64. The molecule has 1 aliphatic rings. The minimum Gasteiger partial charge on any atom is -0.354 e. The average molecular weight is 554 g/mol. The summed E-state index contributed by atoms with van der Waals surface area (Å²) in [6, 6.07) is 22.3. The van der Waals surface area contributed by atoms with Crippen LogP contribution in [0.25, 0.3) is 0 Å². The molecule has 0 radical (unpaired) electrons. The molecular weight excluding hydrogens is 522 g/mol. The van der Waals surface area contributed by atoms with Crippen molar-refractivity contribution in [2.75, 3.05) is 6.54 Å². The summed E-state index contributed by atoms with van der Waals surface area (Å²) in [5.74, 6) is -0.439. The Balaban J connectivity index is 1.54. The number of hydrogen-bond acceptors (Lipinski definition) is 4. The van der Waals surface area contributed by atoms with Gasteiger partial charge in [0.05, 0.1) is 4.90 Å². The lowest BCUT2D eigenvalue weighted by Gasteiger charge is -2.31. The minimum atomic E-state index is -3.53. The summed E-state index contributed by atoms with van der Waals surface area (Å²) < 4.78 is 27.6. The molecule has 3 aromatic carbocycles. The van der Waals surface area contributed by atoms with E-state index < -0.39 is 16.1 Å². The zero-order valence-corrected chi connectivity index (χ0v) is 22.8. The third-order valence-corrected chi connectivity index (χ3v) is 8.16. The van der Waals surface area contributed by atoms with E-state index in [2.05, 4.69) is 10.0 Å². The molecule has 3 aromatic rings. The van der Waals surface area contributed by atoms with Gasteiger partial charge in [0.2, 0.25) is 21.8 Å². The van der Waals surface area contributed by atoms with Gasteiger partial charge in [-0.05, 0) is 67.1 Å². The lowest BCUT2D eigenvalue weighted by atomic mass is 10.0. The maximum Gasteiger partial charge on any atom is 0.247 e. The third-order valence-electron chi connectivity index (χ3n) is 6.37. The molecule has 0 spiro atoms. The van der Waals surface area contributed by atoms with E-state index in [0.717, 1.165) is 29.5 Å². The molecule has 1 atom stereocenters. The third kappa shape index (κ3) is 7.43. The first-order valence-electron chi connectivity index (χ1n) is 12.7. The molecule has 38 heavy (non-hydrogen) atoms. The second kappa shape index (κ2) is 12.6. The maximum absolute atomic E-state index is 13.7. The number of nitrogens with one attached hydrogen (secondary N) is 2. The van der Waals surface area contributed by atoms with Gasteiger partial charge < -0.3 is 10.2 Å². The van der Waals surface area contributed by atoms with Gasteiger partial charge in [-0.15, -0.1) is 0 Å². The fourth-order valence-electron chi connectivity index (χ4n) is 4.21. The average Bonchev–Trinajstić information content (AvgIpc) is 3.72. The molecule has 200 valence electrons. The van der Waals surface area contributed by atoms with E-state index in [9.17, 15) is 18.0 Å². The first kappa shape index (κ1) is 27.8. The normalized spacial score (nSPS) is 14.1. The molecule has 1 unspecified atom stereocenters. The summed E-state index contributed by atoms with van der Waals surface area (Å²) in [5, 5.41) is 3.46. The van der Waals surface area contributed by atoms with Gasteiger partial charge >= 0.3 is 0 Å². The van der Waals surface area contributed by atoms with Crippen molar-refractivity contribution in [1.29, 1.82) is 0 Å². The van der Waals surface area contributed by atoms with Crippen molar-refractivity contribution < 1.29 is 18.0 Å². The molecule has 1 fully saturated rings. The van der Waals surface area contributed by atoms with Crippen LogP contribution in [0.5, 0.6) is 0 Å². The standard InChI is InChI=1S/C29H32ClN3O4S/c1-2-31-29(35)28(23-6-4-3-5-7-23)33(20-22-8-13-24(30)14-9-22)27(34)19-12-21-10-17-26(18-11-21)38(36,37)32-25-15-16-25/h3-11,13-14,17-18,25,28,32H,2,12,15-16,19-20H2,1H3,(H,31,35). The number of aryl methyl sites for hydroxylation is 1. The molecule has 0 aromatic heterocycles. The van der Waals surface area contributed by atoms with E-state index in [1.54, 1.807) is 41.3 Å². The molecule has 9 heteroatoms. The van der Waals surface area contributed by atoms with Crippen molar-refractivity contribution in [2.45, 2.75) is 56.1 Å². The summed E-state index contributed by atoms with van der Waals surface area (Å²) in [5.41, 5.74) is 2.41. The number of hydrogen-bond donors (Lipinski definition) is 2. The van der Waals surface area contributed by atoms with Crippen LogP contribution >= 0.6 is 11.6 Å². The first-order chi connectivity index (χ1) is 18.3. The largest absolute Gasteiger partial charge is 0.354 e. The van der Waals surface area contributed by atoms with Crippen molar-refractivity contribution in [3.05, 3.63) is 101 Å². The van der Waals surface area contributed by atoms with Gasteiger partial charge in [-0.1, -0.05) is 66.2 Å². The summed E-state index contributed by atoms with van der Waals surface area (Å²) in [6.07, 6.45) is 2.30. The van der Waals surface area contributed by atoms with Gasteiger partial charge in [-0.2, -0.15) is 0 Å². The molecule has 0 aliphatic heterocycles. The van der Waals surface area contributed by atoms with Crippen molar-refractivity contribution in [1.82, 2.24) is 14.9 Å². The predicted molar refractivity (Wildman–Crippen MR) is 148 cm³/mol. The Hall–Kier alpha value is -3.20. The second-order valence-corrected chi connectivity index (χ2v) is 11.5. The number of sulfonamides is 1. The Kier molecular flexibility index (Phi) is 9.20. The van der Waals surface area contributed by atoms with Crippen LogP contribution in [-0.2, 0) is 32.6 Å². The minimum absolute atomic E-state index is 0.0337. The number of benzene rings is 3. The highest BCUT2D eigenvalue weighted by atomic mass is 35.5. The number of nitrogens with zero attached hydrogens (tertiary/aromatic N) is 1. The van der Waals surface area contributed by atoms with Crippen LogP contribution < -0.4 is 10.0 Å². The van der Waals surface area contributed by atoms with Crippen LogP contribution in [0.2, 0.25) is 5.02 Å². The summed E-state index contributed by atoms with van der Waals surface area (Å²) in [7, 11) is -3.53. The first-order valence-corrected chi connectivity index (χ1v) is 14.6. The molecule has 0 heterocycles. The van der Waals surface area contributed by atoms with Gasteiger partial charge in [0, 0.05) is 30.6 Å². The SMILES string of the molecule is CCNC(=O)C(c1ccccc1)N(Cc1ccc(Cl)cc1)C(=O)CCc1ccc(S(=O)(=O)NC2CC2)cc1. The van der Waals surface area contributed by atoms with Crippen LogP contribution in [0.4, 0.5) is 0 Å². The van der Waals surface area contributed by atoms with E-state index in [0.29, 0.717) is 18.0 Å². The quantitative estimate of drug-likeness (QED) is 0.342. The fraction of sp³-hybridized carbons (Fsp3) is 0.310. The summed E-state index contributed by atoms with van der Waals surface area (Å²) in [6.45, 7) is 2.52. The lowest BCUT2D eigenvalue weighted by molar-refractivity contribution is -0.141. The van der Waals surface area contributed by atoms with E-state index >= 15 is 0 Å². The van der Waals surface area contributed by atoms with Crippen LogP contribution in [0.3, 0.4) is 0 Å². The van der Waals surface area contributed by atoms with Gasteiger partial charge in [0.1, 0.15) is 6.04 Å². The zero-order chi connectivity index (χ0) is 27.1. The summed E-state index contributed by atoms with van der Waals surface area (Å²) in [4.78, 5) is 28.7. The van der Waals surface area contributed by atoms with Gasteiger partial charge in [-0.25, -0.2) is 13.1 Å². The van der Waals surface area contributed by atoms with Crippen LogP contribution in [0.1, 0.15) is 48.9 Å². The zero-order valence-electron chi connectivity index (χ0n) is 21.3. The summed E-state index contributed by atoms with van der Waals surface area (Å²) >= 11 is 6.06. The predicted octanol–water partition coefficient (Wildman–Crippen LogP) is 4.62. The highest BCUT2D eigenvalue weighted by molar-refractivity contribution is 7.89. The molecule has 0 bridgehead atoms. The molecule has 2 amide bonds. The molecular formula is C29H32ClN3O4S. The van der Waals surface area contributed by atoms with E-state index in [-0.39, 0.29) is 35.7 Å². The van der Waals surface area contributed by atoms with Crippen LogP contribution in [0, 0.1) is 0 Å². The second-order valence-electron chi connectivity index (χ2n) is 9.40. The van der Waals surface area contributed by atoms with Crippen molar-refractivity contribution >= 4 is 33.4 Å². The Morgan fingerprint density at radius 3 is 2.18 bits per heavy atom. The molecule has 1 saturated carbocycles. The van der Waals surface area contributed by atoms with Crippen molar-refractivity contribution in [3.63, 3.8) is 0 Å². The highest BCUT2D eigenvalue weighted by Crippen LogP contribution is 2.26. The Labute approximate surface area is 229 Å².